The molecule has 0 bridgehead atoms. The Morgan fingerprint density at radius 1 is 1.58 bits per heavy atom. The number of aliphatic hydroxyl groups is 1. The number of hydrogen-bond donors (Lipinski definition) is 2. The maximum absolute atomic E-state index is 9.39. The van der Waals surface area contributed by atoms with E-state index < -0.39 is 5.60 Å². The maximum Gasteiger partial charge on any atom is 0.0950 e. The highest BCUT2D eigenvalue weighted by Gasteiger charge is 2.11. The second-order valence-corrected chi connectivity index (χ2v) is 4.98. The van der Waals surface area contributed by atoms with Crippen LogP contribution in [0.25, 0.3) is 0 Å². The maximum atomic E-state index is 9.39. The Labute approximate surface area is 81.2 Å². The zero-order valence-corrected chi connectivity index (χ0v) is 8.67. The van der Waals surface area contributed by atoms with Crippen LogP contribution in [0, 0.1) is 0 Å². The van der Waals surface area contributed by atoms with Crippen LogP contribution in [0.3, 0.4) is 0 Å². The van der Waals surface area contributed by atoms with Gasteiger partial charge >= 0.3 is 0 Å². The number of thiophene rings is 1. The topological polar surface area (TPSA) is 32.3 Å². The average molecular weight is 206 g/mol. The molecule has 0 fully saturated rings. The van der Waals surface area contributed by atoms with Gasteiger partial charge in [0.2, 0.25) is 0 Å². The van der Waals surface area contributed by atoms with Crippen LogP contribution in [0.2, 0.25) is 4.34 Å². The molecule has 1 aromatic heterocycles. The van der Waals surface area contributed by atoms with Crippen LogP contribution in [0.1, 0.15) is 13.8 Å². The third-order valence-corrected chi connectivity index (χ3v) is 2.46. The summed E-state index contributed by atoms with van der Waals surface area (Å²) in [5, 5.41) is 13.5. The van der Waals surface area contributed by atoms with Crippen LogP contribution < -0.4 is 5.32 Å². The van der Waals surface area contributed by atoms with Gasteiger partial charge in [0.05, 0.1) is 14.9 Å². The van der Waals surface area contributed by atoms with Gasteiger partial charge in [-0.15, -0.1) is 11.3 Å². The van der Waals surface area contributed by atoms with Crippen LogP contribution in [0.4, 0.5) is 5.00 Å². The van der Waals surface area contributed by atoms with Gasteiger partial charge in [-0.25, -0.2) is 0 Å². The quantitative estimate of drug-likeness (QED) is 0.795. The van der Waals surface area contributed by atoms with Crippen molar-refractivity contribution in [3.8, 4) is 0 Å². The molecule has 12 heavy (non-hydrogen) atoms. The Balaban J connectivity index is 2.44. The lowest BCUT2D eigenvalue weighted by Crippen LogP contribution is -2.28. The highest BCUT2D eigenvalue weighted by molar-refractivity contribution is 7.19. The van der Waals surface area contributed by atoms with Gasteiger partial charge in [0.15, 0.2) is 0 Å². The number of rotatable bonds is 3. The molecule has 4 heteroatoms. The molecule has 0 unspecified atom stereocenters. The van der Waals surface area contributed by atoms with E-state index in [4.69, 9.17) is 11.6 Å². The lowest BCUT2D eigenvalue weighted by molar-refractivity contribution is 0.0946. The van der Waals surface area contributed by atoms with Crippen molar-refractivity contribution < 1.29 is 5.11 Å². The van der Waals surface area contributed by atoms with Crippen molar-refractivity contribution in [3.63, 3.8) is 0 Å². The largest absolute Gasteiger partial charge is 0.389 e. The van der Waals surface area contributed by atoms with Crippen molar-refractivity contribution in [3.05, 3.63) is 16.5 Å². The molecule has 1 rings (SSSR count). The fourth-order valence-electron chi connectivity index (χ4n) is 0.713. The first-order chi connectivity index (χ1) is 5.47. The van der Waals surface area contributed by atoms with E-state index in [1.54, 1.807) is 13.8 Å². The van der Waals surface area contributed by atoms with Crippen LogP contribution >= 0.6 is 22.9 Å². The summed E-state index contributed by atoms with van der Waals surface area (Å²) in [6.45, 7) is 4.05. The van der Waals surface area contributed by atoms with Gasteiger partial charge in [-0.3, -0.25) is 0 Å². The zero-order valence-electron chi connectivity index (χ0n) is 7.10. The molecule has 0 radical (unpaired) electrons. The molecule has 0 aliphatic heterocycles. The summed E-state index contributed by atoms with van der Waals surface area (Å²) in [5.74, 6) is 0. The Bertz CT molecular complexity index is 254. The fraction of sp³-hybridized carbons (Fsp3) is 0.500. The second-order valence-electron chi connectivity index (χ2n) is 3.27. The van der Waals surface area contributed by atoms with E-state index >= 15 is 0 Å². The summed E-state index contributed by atoms with van der Waals surface area (Å²) < 4.78 is 0.758. The standard InChI is InChI=1S/C8H12ClNOS/c1-8(2,11)5-10-7-4-3-6(9)12-7/h3-4,10-11H,5H2,1-2H3. The lowest BCUT2D eigenvalue weighted by Gasteiger charge is -2.17. The Morgan fingerprint density at radius 3 is 2.67 bits per heavy atom. The van der Waals surface area contributed by atoms with Crippen molar-refractivity contribution in [2.75, 3.05) is 11.9 Å². The van der Waals surface area contributed by atoms with Crippen LogP contribution in [0.5, 0.6) is 0 Å². The normalized spacial score (nSPS) is 11.7. The molecule has 0 atom stereocenters. The summed E-state index contributed by atoms with van der Waals surface area (Å²) in [6, 6.07) is 3.73. The van der Waals surface area contributed by atoms with Gasteiger partial charge in [0.25, 0.3) is 0 Å². The number of anilines is 1. The van der Waals surface area contributed by atoms with Gasteiger partial charge in [-0.1, -0.05) is 11.6 Å². The zero-order chi connectivity index (χ0) is 9.19. The average Bonchev–Trinajstić information content (AvgIpc) is 2.30. The van der Waals surface area contributed by atoms with E-state index in [1.807, 2.05) is 12.1 Å². The molecule has 68 valence electrons. The van der Waals surface area contributed by atoms with E-state index in [2.05, 4.69) is 5.32 Å². The first kappa shape index (κ1) is 9.84. The monoisotopic (exact) mass is 205 g/mol. The Hall–Kier alpha value is -0.250. The summed E-state index contributed by atoms with van der Waals surface area (Å²) in [7, 11) is 0. The second kappa shape index (κ2) is 3.64. The van der Waals surface area contributed by atoms with Crippen molar-refractivity contribution in [1.82, 2.24) is 0 Å². The molecule has 2 N–H and O–H groups in total. The molecule has 0 aliphatic carbocycles. The van der Waals surface area contributed by atoms with Crippen LogP contribution in [0.15, 0.2) is 12.1 Å². The van der Waals surface area contributed by atoms with E-state index in [-0.39, 0.29) is 0 Å². The molecule has 2 nitrogen and oxygen atoms in total. The highest BCUT2D eigenvalue weighted by atomic mass is 35.5. The van der Waals surface area contributed by atoms with Gasteiger partial charge in [-0.05, 0) is 26.0 Å². The van der Waals surface area contributed by atoms with Crippen molar-refractivity contribution in [2.24, 2.45) is 0 Å². The summed E-state index contributed by atoms with van der Waals surface area (Å²) in [5.41, 5.74) is -0.684. The van der Waals surface area contributed by atoms with Gasteiger partial charge in [0, 0.05) is 6.54 Å². The lowest BCUT2D eigenvalue weighted by atomic mass is 10.1. The Kier molecular flexibility index (Phi) is 2.99. The first-order valence-electron chi connectivity index (χ1n) is 3.69. The minimum absolute atomic E-state index is 0.532. The minimum Gasteiger partial charge on any atom is -0.389 e. The van der Waals surface area contributed by atoms with E-state index in [9.17, 15) is 5.11 Å². The van der Waals surface area contributed by atoms with Gasteiger partial charge < -0.3 is 10.4 Å². The van der Waals surface area contributed by atoms with Crippen LogP contribution in [-0.4, -0.2) is 17.3 Å². The molecule has 0 amide bonds. The third-order valence-electron chi connectivity index (χ3n) is 1.27. The van der Waals surface area contributed by atoms with Crippen molar-refractivity contribution in [2.45, 2.75) is 19.4 Å². The molecule has 0 saturated heterocycles. The number of nitrogens with one attached hydrogen (secondary N) is 1. The summed E-state index contributed by atoms with van der Waals surface area (Å²) >= 11 is 7.20. The minimum atomic E-state index is -0.684. The van der Waals surface area contributed by atoms with Crippen molar-refractivity contribution in [1.29, 1.82) is 0 Å². The third kappa shape index (κ3) is 3.43. The molecule has 0 aromatic carbocycles. The predicted octanol–water partition coefficient (Wildman–Crippen LogP) is 2.58. The van der Waals surface area contributed by atoms with Crippen molar-refractivity contribution >= 4 is 27.9 Å². The summed E-state index contributed by atoms with van der Waals surface area (Å²) in [4.78, 5) is 0. The molecule has 0 saturated carbocycles. The Morgan fingerprint density at radius 2 is 2.25 bits per heavy atom. The predicted molar refractivity (Wildman–Crippen MR) is 54.1 cm³/mol. The van der Waals surface area contributed by atoms with Gasteiger partial charge in [0.1, 0.15) is 0 Å². The number of halogens is 1. The van der Waals surface area contributed by atoms with Gasteiger partial charge in [-0.2, -0.15) is 0 Å². The molecule has 1 aromatic rings. The number of hydrogen-bond acceptors (Lipinski definition) is 3. The molecule has 1 heterocycles. The fourth-order valence-corrected chi connectivity index (χ4v) is 1.65. The highest BCUT2D eigenvalue weighted by Crippen LogP contribution is 2.26. The molecule has 0 spiro atoms. The van der Waals surface area contributed by atoms with Crippen LogP contribution in [-0.2, 0) is 0 Å². The summed E-state index contributed by atoms with van der Waals surface area (Å²) in [6.07, 6.45) is 0. The smallest absolute Gasteiger partial charge is 0.0950 e. The SMILES string of the molecule is CC(C)(O)CNc1ccc(Cl)s1. The van der Waals surface area contributed by atoms with E-state index in [1.165, 1.54) is 11.3 Å². The molecular weight excluding hydrogens is 194 g/mol. The molecular formula is C8H12ClNOS. The van der Waals surface area contributed by atoms with E-state index in [0.29, 0.717) is 6.54 Å². The molecule has 0 aliphatic rings. The van der Waals surface area contributed by atoms with E-state index in [0.717, 1.165) is 9.34 Å². The first-order valence-corrected chi connectivity index (χ1v) is 4.88.